The molecule has 1 saturated carbocycles. The van der Waals surface area contributed by atoms with Gasteiger partial charge >= 0.3 is 11.9 Å². The summed E-state index contributed by atoms with van der Waals surface area (Å²) in [4.78, 5) is 40.0. The zero-order chi connectivity index (χ0) is 24.3. The lowest BCUT2D eigenvalue weighted by molar-refractivity contribution is -0.144. The lowest BCUT2D eigenvalue weighted by atomic mass is 9.95. The first-order valence-electron chi connectivity index (χ1n) is 11.1. The third-order valence-corrected chi connectivity index (χ3v) is 5.18. The topological polar surface area (TPSA) is 146 Å². The minimum Gasteiger partial charge on any atom is -0.452 e. The minimum absolute atomic E-state index is 0.0714. The van der Waals surface area contributed by atoms with Crippen LogP contribution in [0.2, 0.25) is 0 Å². The standard InChI is InChI=1S/C25H28N4O5/c26-25(27)29-20-11-9-18(10-12-20)24(32)34-21-13-6-17(7-14-21)8-15-23(31)33-16-22(30)28-19-4-2-1-3-5-19/h6-15,19H,1-5,16H2,(H,28,30)(H4,26,27,29)/b15-8+. The number of nitrogens with zero attached hydrogens (tertiary/aromatic N) is 1. The monoisotopic (exact) mass is 464 g/mol. The van der Waals surface area contributed by atoms with Gasteiger partial charge in [0.15, 0.2) is 12.6 Å². The number of carbonyl (C=O) groups excluding carboxylic acids is 3. The van der Waals surface area contributed by atoms with Crippen LogP contribution in [0.4, 0.5) is 5.69 Å². The Hall–Kier alpha value is -4.14. The van der Waals surface area contributed by atoms with Gasteiger partial charge in [-0.2, -0.15) is 0 Å². The Morgan fingerprint density at radius 1 is 0.971 bits per heavy atom. The number of ether oxygens (including phenoxy) is 2. The molecule has 0 saturated heterocycles. The van der Waals surface area contributed by atoms with Crippen LogP contribution in [-0.4, -0.2) is 36.5 Å². The first-order valence-corrected chi connectivity index (χ1v) is 11.1. The molecule has 0 radical (unpaired) electrons. The fourth-order valence-electron chi connectivity index (χ4n) is 3.50. The van der Waals surface area contributed by atoms with E-state index in [4.69, 9.17) is 20.9 Å². The van der Waals surface area contributed by atoms with Crippen LogP contribution in [0, 0.1) is 0 Å². The smallest absolute Gasteiger partial charge is 0.343 e. The third kappa shape index (κ3) is 8.09. The molecule has 0 aliphatic heterocycles. The zero-order valence-electron chi connectivity index (χ0n) is 18.7. The molecule has 1 aliphatic carbocycles. The summed E-state index contributed by atoms with van der Waals surface area (Å²) in [5.74, 6) is -1.16. The number of esters is 2. The highest BCUT2D eigenvalue weighted by atomic mass is 16.5. The van der Waals surface area contributed by atoms with Crippen molar-refractivity contribution in [1.29, 1.82) is 0 Å². The van der Waals surface area contributed by atoms with Crippen molar-refractivity contribution in [2.24, 2.45) is 16.5 Å². The van der Waals surface area contributed by atoms with Crippen molar-refractivity contribution in [1.82, 2.24) is 5.32 Å². The van der Waals surface area contributed by atoms with E-state index in [-0.39, 0.29) is 24.5 Å². The average Bonchev–Trinajstić information content (AvgIpc) is 2.83. The van der Waals surface area contributed by atoms with E-state index in [0.29, 0.717) is 22.6 Å². The van der Waals surface area contributed by atoms with E-state index in [1.165, 1.54) is 12.5 Å². The van der Waals surface area contributed by atoms with E-state index in [2.05, 4.69) is 10.3 Å². The normalized spacial score (nSPS) is 13.8. The number of carbonyl (C=O) groups is 3. The summed E-state index contributed by atoms with van der Waals surface area (Å²) in [6.07, 6.45) is 8.15. The van der Waals surface area contributed by atoms with Crippen molar-refractivity contribution >= 4 is 35.6 Å². The van der Waals surface area contributed by atoms with Gasteiger partial charge in [-0.15, -0.1) is 0 Å². The van der Waals surface area contributed by atoms with Gasteiger partial charge < -0.3 is 26.3 Å². The Balaban J connectivity index is 1.44. The largest absolute Gasteiger partial charge is 0.452 e. The number of guanidine groups is 1. The number of rotatable bonds is 8. The van der Waals surface area contributed by atoms with Gasteiger partial charge in [0.2, 0.25) is 0 Å². The van der Waals surface area contributed by atoms with Crippen LogP contribution in [0.3, 0.4) is 0 Å². The number of nitrogens with one attached hydrogen (secondary N) is 1. The van der Waals surface area contributed by atoms with Crippen LogP contribution >= 0.6 is 0 Å². The van der Waals surface area contributed by atoms with E-state index in [9.17, 15) is 14.4 Å². The van der Waals surface area contributed by atoms with Crippen LogP contribution in [-0.2, 0) is 14.3 Å². The molecule has 5 N–H and O–H groups in total. The van der Waals surface area contributed by atoms with Crippen LogP contribution < -0.4 is 21.5 Å². The molecule has 1 fully saturated rings. The number of amides is 1. The van der Waals surface area contributed by atoms with Crippen molar-refractivity contribution in [2.75, 3.05) is 6.61 Å². The van der Waals surface area contributed by atoms with Crippen LogP contribution in [0.5, 0.6) is 5.75 Å². The first kappa shape index (κ1) is 24.5. The van der Waals surface area contributed by atoms with Gasteiger partial charge in [-0.05, 0) is 60.9 Å². The van der Waals surface area contributed by atoms with E-state index < -0.39 is 11.9 Å². The molecule has 3 rings (SSSR count). The molecule has 0 bridgehead atoms. The van der Waals surface area contributed by atoms with E-state index >= 15 is 0 Å². The van der Waals surface area contributed by atoms with E-state index in [1.807, 2.05) is 0 Å². The highest BCUT2D eigenvalue weighted by molar-refractivity contribution is 5.92. The summed E-state index contributed by atoms with van der Waals surface area (Å²) in [7, 11) is 0. The molecule has 0 heterocycles. The highest BCUT2D eigenvalue weighted by Gasteiger charge is 2.16. The van der Waals surface area contributed by atoms with E-state index in [1.54, 1.807) is 54.6 Å². The van der Waals surface area contributed by atoms with Crippen molar-refractivity contribution in [3.8, 4) is 5.75 Å². The van der Waals surface area contributed by atoms with Crippen LogP contribution in [0.1, 0.15) is 48.0 Å². The lowest BCUT2D eigenvalue weighted by Gasteiger charge is -2.22. The average molecular weight is 465 g/mol. The molecule has 0 atom stereocenters. The quantitative estimate of drug-likeness (QED) is 0.179. The molecule has 2 aromatic rings. The summed E-state index contributed by atoms with van der Waals surface area (Å²) in [5, 5.41) is 2.89. The second-order valence-corrected chi connectivity index (χ2v) is 7.89. The minimum atomic E-state index is -0.613. The molecule has 0 spiro atoms. The van der Waals surface area contributed by atoms with Crippen molar-refractivity contribution in [3.05, 3.63) is 65.7 Å². The summed E-state index contributed by atoms with van der Waals surface area (Å²) >= 11 is 0. The van der Waals surface area contributed by atoms with Gasteiger partial charge in [-0.25, -0.2) is 14.6 Å². The van der Waals surface area contributed by atoms with Crippen molar-refractivity contribution < 1.29 is 23.9 Å². The Morgan fingerprint density at radius 2 is 1.65 bits per heavy atom. The Kier molecular flexibility index (Phi) is 8.79. The lowest BCUT2D eigenvalue weighted by Crippen LogP contribution is -2.38. The fourth-order valence-corrected chi connectivity index (χ4v) is 3.50. The third-order valence-electron chi connectivity index (χ3n) is 5.18. The van der Waals surface area contributed by atoms with Gasteiger partial charge in [0.05, 0.1) is 11.3 Å². The number of hydrogen-bond acceptors (Lipinski definition) is 6. The first-order chi connectivity index (χ1) is 16.4. The van der Waals surface area contributed by atoms with Gasteiger partial charge in [0, 0.05) is 12.1 Å². The van der Waals surface area contributed by atoms with Crippen molar-refractivity contribution in [3.63, 3.8) is 0 Å². The molecule has 0 aromatic heterocycles. The Labute approximate surface area is 197 Å². The number of benzene rings is 2. The maximum atomic E-state index is 12.3. The summed E-state index contributed by atoms with van der Waals surface area (Å²) < 4.78 is 10.3. The van der Waals surface area contributed by atoms with Crippen LogP contribution in [0.25, 0.3) is 6.08 Å². The van der Waals surface area contributed by atoms with Gasteiger partial charge in [-0.3, -0.25) is 4.79 Å². The molecule has 1 aliphatic rings. The molecular formula is C25H28N4O5. The molecule has 178 valence electrons. The van der Waals surface area contributed by atoms with Crippen molar-refractivity contribution in [2.45, 2.75) is 38.1 Å². The molecule has 0 unspecified atom stereocenters. The number of aliphatic imine (C=N–C) groups is 1. The second kappa shape index (κ2) is 12.2. The predicted molar refractivity (Wildman–Crippen MR) is 128 cm³/mol. The number of nitrogens with two attached hydrogens (primary N) is 2. The summed E-state index contributed by atoms with van der Waals surface area (Å²) in [6.45, 7) is -0.304. The van der Waals surface area contributed by atoms with Gasteiger partial charge in [0.25, 0.3) is 5.91 Å². The SMILES string of the molecule is NC(N)=Nc1ccc(C(=O)Oc2ccc(/C=C/C(=O)OCC(=O)NC3CCCCC3)cc2)cc1. The molecule has 34 heavy (non-hydrogen) atoms. The van der Waals surface area contributed by atoms with Gasteiger partial charge in [-0.1, -0.05) is 31.4 Å². The molecule has 1 amide bonds. The molecule has 9 heteroatoms. The zero-order valence-corrected chi connectivity index (χ0v) is 18.7. The molecular weight excluding hydrogens is 436 g/mol. The highest BCUT2D eigenvalue weighted by Crippen LogP contribution is 2.18. The van der Waals surface area contributed by atoms with Gasteiger partial charge in [0.1, 0.15) is 5.75 Å². The Bertz CT molecular complexity index is 1050. The second-order valence-electron chi connectivity index (χ2n) is 7.89. The fraction of sp³-hybridized carbons (Fsp3) is 0.280. The molecule has 9 nitrogen and oxygen atoms in total. The predicted octanol–water partition coefficient (Wildman–Crippen LogP) is 2.82. The maximum absolute atomic E-state index is 12.3. The van der Waals surface area contributed by atoms with Crippen LogP contribution in [0.15, 0.2) is 59.6 Å². The number of hydrogen-bond donors (Lipinski definition) is 3. The van der Waals surface area contributed by atoms with E-state index in [0.717, 1.165) is 25.7 Å². The molecule has 2 aromatic carbocycles. The summed E-state index contributed by atoms with van der Waals surface area (Å²) in [5.41, 5.74) is 12.2. The summed E-state index contributed by atoms with van der Waals surface area (Å²) in [6, 6.07) is 13.1. The maximum Gasteiger partial charge on any atom is 0.343 e. The Morgan fingerprint density at radius 3 is 2.29 bits per heavy atom.